The van der Waals surface area contributed by atoms with Crippen molar-refractivity contribution in [2.75, 3.05) is 51.7 Å². The number of likely N-dealkylation sites (tertiary alicyclic amines) is 1. The Morgan fingerprint density at radius 2 is 1.85 bits per heavy atom. The molecule has 0 atom stereocenters. The number of rotatable bonds is 8. The van der Waals surface area contributed by atoms with Crippen LogP contribution in [0.25, 0.3) is 0 Å². The molecule has 1 saturated heterocycles. The van der Waals surface area contributed by atoms with E-state index in [1.54, 1.807) is 0 Å². The second-order valence-electron chi connectivity index (χ2n) is 7.33. The Morgan fingerprint density at radius 1 is 1.15 bits per heavy atom. The van der Waals surface area contributed by atoms with Crippen molar-refractivity contribution in [3.05, 3.63) is 29.8 Å². The highest BCUT2D eigenvalue weighted by Gasteiger charge is 2.19. The molecule has 1 fully saturated rings. The topological polar surface area (TPSA) is 42.9 Å². The first-order valence-electron chi connectivity index (χ1n) is 10.2. The quantitative estimate of drug-likeness (QED) is 0.553. The maximum absolute atomic E-state index is 4.79. The van der Waals surface area contributed by atoms with Crippen molar-refractivity contribution in [2.24, 2.45) is 4.99 Å². The average Bonchev–Trinajstić information content (AvgIpc) is 2.64. The molecule has 1 aromatic rings. The second-order valence-corrected chi connectivity index (χ2v) is 7.33. The lowest BCUT2D eigenvalue weighted by Gasteiger charge is -2.32. The fraction of sp³-hybridized carbons (Fsp3) is 0.667. The molecule has 0 aromatic heterocycles. The summed E-state index contributed by atoms with van der Waals surface area (Å²) >= 11 is 0. The summed E-state index contributed by atoms with van der Waals surface area (Å²) in [5.74, 6) is 0.964. The summed E-state index contributed by atoms with van der Waals surface area (Å²) in [5.41, 5.74) is 2.57. The van der Waals surface area contributed by atoms with Gasteiger partial charge >= 0.3 is 0 Å². The molecule has 1 aliphatic heterocycles. The van der Waals surface area contributed by atoms with Crippen LogP contribution in [0.2, 0.25) is 0 Å². The van der Waals surface area contributed by atoms with E-state index in [1.165, 1.54) is 50.1 Å². The predicted octanol–water partition coefficient (Wildman–Crippen LogP) is 2.72. The average molecular weight is 360 g/mol. The molecule has 0 unspecified atom stereocenters. The zero-order valence-corrected chi connectivity index (χ0v) is 17.1. The minimum atomic E-state index is 0.542. The van der Waals surface area contributed by atoms with Gasteiger partial charge in [0.15, 0.2) is 5.96 Å². The summed E-state index contributed by atoms with van der Waals surface area (Å²) in [6.45, 7) is 9.72. The van der Waals surface area contributed by atoms with Gasteiger partial charge in [0, 0.05) is 52.0 Å². The highest BCUT2D eigenvalue weighted by molar-refractivity contribution is 5.80. The van der Waals surface area contributed by atoms with Crippen molar-refractivity contribution in [2.45, 2.75) is 45.6 Å². The molecule has 1 heterocycles. The molecule has 1 aromatic carbocycles. The highest BCUT2D eigenvalue weighted by atomic mass is 15.2. The highest BCUT2D eigenvalue weighted by Crippen LogP contribution is 2.13. The third-order valence-electron chi connectivity index (χ3n) is 4.94. The molecule has 0 spiro atoms. The normalized spacial score (nSPS) is 16.5. The summed E-state index contributed by atoms with van der Waals surface area (Å²) < 4.78 is 0. The fourth-order valence-corrected chi connectivity index (χ4v) is 3.39. The minimum absolute atomic E-state index is 0.542. The summed E-state index contributed by atoms with van der Waals surface area (Å²) in [4.78, 5) is 9.48. The number of hydrogen-bond acceptors (Lipinski definition) is 3. The lowest BCUT2D eigenvalue weighted by molar-refractivity contribution is 0.206. The monoisotopic (exact) mass is 359 g/mol. The molecular formula is C21H37N5. The van der Waals surface area contributed by atoms with Gasteiger partial charge < -0.3 is 20.4 Å². The van der Waals surface area contributed by atoms with E-state index in [4.69, 9.17) is 4.99 Å². The molecule has 0 saturated carbocycles. The molecule has 2 N–H and O–H groups in total. The maximum atomic E-state index is 4.79. The number of aliphatic imine (C=N–C) groups is 1. The number of piperidine rings is 1. The Labute approximate surface area is 159 Å². The van der Waals surface area contributed by atoms with Crippen LogP contribution in [-0.4, -0.2) is 63.7 Å². The Balaban J connectivity index is 1.80. The third kappa shape index (κ3) is 6.87. The largest absolute Gasteiger partial charge is 0.378 e. The molecule has 0 amide bonds. The van der Waals surface area contributed by atoms with Crippen molar-refractivity contribution in [1.82, 2.24) is 15.5 Å². The number of nitrogens with zero attached hydrogens (tertiary/aromatic N) is 3. The van der Waals surface area contributed by atoms with Crippen LogP contribution < -0.4 is 15.5 Å². The van der Waals surface area contributed by atoms with Gasteiger partial charge in [0.1, 0.15) is 0 Å². The van der Waals surface area contributed by atoms with E-state index in [0.29, 0.717) is 6.04 Å². The summed E-state index contributed by atoms with van der Waals surface area (Å²) in [7, 11) is 4.14. The summed E-state index contributed by atoms with van der Waals surface area (Å²) in [6.07, 6.45) is 4.63. The van der Waals surface area contributed by atoms with Gasteiger partial charge in [-0.2, -0.15) is 0 Å². The molecule has 5 heteroatoms. The van der Waals surface area contributed by atoms with Crippen molar-refractivity contribution in [3.63, 3.8) is 0 Å². The van der Waals surface area contributed by atoms with Crippen molar-refractivity contribution < 1.29 is 0 Å². The SMILES string of the molecule is CCCN1CCC(NC(=NCCc2ccc(N(C)C)cc2)NCC)CC1. The molecular weight excluding hydrogens is 322 g/mol. The predicted molar refractivity (Wildman–Crippen MR) is 113 cm³/mol. The smallest absolute Gasteiger partial charge is 0.191 e. The number of nitrogens with one attached hydrogen (secondary N) is 2. The Hall–Kier alpha value is -1.75. The van der Waals surface area contributed by atoms with E-state index in [9.17, 15) is 0 Å². The van der Waals surface area contributed by atoms with Gasteiger partial charge in [0.05, 0.1) is 0 Å². The van der Waals surface area contributed by atoms with Gasteiger partial charge in [-0.05, 0) is 56.8 Å². The lowest BCUT2D eigenvalue weighted by Crippen LogP contribution is -2.48. The molecule has 0 bridgehead atoms. The van der Waals surface area contributed by atoms with E-state index < -0.39 is 0 Å². The first-order chi connectivity index (χ1) is 12.6. The summed E-state index contributed by atoms with van der Waals surface area (Å²) in [6, 6.07) is 9.29. The van der Waals surface area contributed by atoms with Crippen LogP contribution in [0.4, 0.5) is 5.69 Å². The van der Waals surface area contributed by atoms with Gasteiger partial charge in [-0.3, -0.25) is 4.99 Å². The molecule has 0 radical (unpaired) electrons. The molecule has 5 nitrogen and oxygen atoms in total. The van der Waals surface area contributed by atoms with Gasteiger partial charge in [-0.25, -0.2) is 0 Å². The zero-order chi connectivity index (χ0) is 18.8. The maximum Gasteiger partial charge on any atom is 0.191 e. The van der Waals surface area contributed by atoms with E-state index in [-0.39, 0.29) is 0 Å². The van der Waals surface area contributed by atoms with Crippen LogP contribution in [0.3, 0.4) is 0 Å². The van der Waals surface area contributed by atoms with Gasteiger partial charge in [0.25, 0.3) is 0 Å². The van der Waals surface area contributed by atoms with Gasteiger partial charge in [-0.1, -0.05) is 19.1 Å². The molecule has 1 aliphatic rings. The van der Waals surface area contributed by atoms with E-state index >= 15 is 0 Å². The molecule has 26 heavy (non-hydrogen) atoms. The second kappa shape index (κ2) is 11.1. The van der Waals surface area contributed by atoms with Gasteiger partial charge in [-0.15, -0.1) is 0 Å². The van der Waals surface area contributed by atoms with Crippen LogP contribution in [0.5, 0.6) is 0 Å². The molecule has 2 rings (SSSR count). The van der Waals surface area contributed by atoms with Crippen molar-refractivity contribution in [1.29, 1.82) is 0 Å². The Bertz CT molecular complexity index is 530. The number of anilines is 1. The molecule has 146 valence electrons. The summed E-state index contributed by atoms with van der Waals surface area (Å²) in [5, 5.41) is 7.03. The standard InChI is InChI=1S/C21H37N5/c1-5-15-26-16-12-19(13-17-26)24-21(22-6-2)23-14-11-18-7-9-20(10-8-18)25(3)4/h7-10,19H,5-6,11-17H2,1-4H3,(H2,22,23,24). The number of benzene rings is 1. The lowest BCUT2D eigenvalue weighted by atomic mass is 10.1. The zero-order valence-electron chi connectivity index (χ0n) is 17.1. The first-order valence-corrected chi connectivity index (χ1v) is 10.2. The van der Waals surface area contributed by atoms with Crippen molar-refractivity contribution in [3.8, 4) is 0 Å². The van der Waals surface area contributed by atoms with Gasteiger partial charge in [0.2, 0.25) is 0 Å². The Morgan fingerprint density at radius 3 is 2.42 bits per heavy atom. The third-order valence-corrected chi connectivity index (χ3v) is 4.94. The van der Waals surface area contributed by atoms with E-state index in [1.807, 2.05) is 0 Å². The van der Waals surface area contributed by atoms with E-state index in [2.05, 4.69) is 72.6 Å². The first kappa shape index (κ1) is 20.6. The van der Waals surface area contributed by atoms with Crippen LogP contribution >= 0.6 is 0 Å². The van der Waals surface area contributed by atoms with E-state index in [0.717, 1.165) is 25.5 Å². The molecule has 0 aliphatic carbocycles. The van der Waals surface area contributed by atoms with Crippen LogP contribution in [0.1, 0.15) is 38.7 Å². The number of hydrogen-bond donors (Lipinski definition) is 2. The van der Waals surface area contributed by atoms with Crippen LogP contribution in [0.15, 0.2) is 29.3 Å². The minimum Gasteiger partial charge on any atom is -0.378 e. The number of guanidine groups is 1. The van der Waals surface area contributed by atoms with Crippen LogP contribution in [0, 0.1) is 0 Å². The fourth-order valence-electron chi connectivity index (χ4n) is 3.39. The van der Waals surface area contributed by atoms with Crippen molar-refractivity contribution >= 4 is 11.6 Å². The Kier molecular flexibility index (Phi) is 8.75. The van der Waals surface area contributed by atoms with Crippen LogP contribution in [-0.2, 0) is 6.42 Å².